The molecule has 1 unspecified atom stereocenters. The first kappa shape index (κ1) is 45.0. The standard InChI is InChI=1S/C43H58N8O9S2/c1-25(2)44-41-46-33(24-61-41)32-21-36(30-18-19-35(58-6)26(3)37(30)45-32)59-29-20-34-38(52)48-43(40(54)49-62(56,57)50(4)5)22-27(43)14-10-8-7-9-11-17-31(39(53)51(34)23-29)47-42(55)60-28-15-12-13-16-28/h10,14,18-19,21,24-25,27-29,31,34H,7-9,11-13,15-17,20,22-23H2,1-6H3,(H,44,46)(H,47,55)(H,48,52)(H,49,54)/b14-10-/t27-,29+,31-,34-,43?/m0/s1. The molecule has 1 saturated heterocycles. The Bertz CT molecular complexity index is 2310. The number of anilines is 1. The normalized spacial score (nSPS) is 25.3. The summed E-state index contributed by atoms with van der Waals surface area (Å²) in [5.74, 6) is -1.38. The van der Waals surface area contributed by atoms with Crippen LogP contribution in [-0.2, 0) is 29.3 Å². The second-order valence-electron chi connectivity index (χ2n) is 17.2. The van der Waals surface area contributed by atoms with Crippen molar-refractivity contribution in [2.24, 2.45) is 5.92 Å². The number of hydrogen-bond donors (Lipinski definition) is 4. The van der Waals surface area contributed by atoms with Crippen LogP contribution in [0.1, 0.15) is 90.0 Å². The molecule has 7 rings (SSSR count). The van der Waals surface area contributed by atoms with Gasteiger partial charge in [-0.25, -0.2) is 19.5 Å². The van der Waals surface area contributed by atoms with Gasteiger partial charge in [-0.2, -0.15) is 12.7 Å². The zero-order chi connectivity index (χ0) is 44.3. The molecule has 1 aromatic carbocycles. The lowest BCUT2D eigenvalue weighted by atomic mass is 10.0. The summed E-state index contributed by atoms with van der Waals surface area (Å²) >= 11 is 1.46. The van der Waals surface area contributed by atoms with Crippen LogP contribution in [0.5, 0.6) is 11.5 Å². The SMILES string of the molecule is COc1ccc2c(O[C@@H]3C[C@H]4C(=O)NC5(C(=O)NS(=O)(=O)N(C)C)C[C@@H]5/C=C\CCCCC[C@H](NC(=O)OC5CCCC5)C(=O)N4C3)cc(-c3csc(NC(C)C)n3)nc2c1C. The number of benzene rings is 1. The van der Waals surface area contributed by atoms with E-state index in [0.717, 1.165) is 53.5 Å². The summed E-state index contributed by atoms with van der Waals surface area (Å²) in [5.41, 5.74) is 1.02. The van der Waals surface area contributed by atoms with Gasteiger partial charge in [-0.15, -0.1) is 11.3 Å². The van der Waals surface area contributed by atoms with Crippen LogP contribution in [0, 0.1) is 12.8 Å². The Kier molecular flexibility index (Phi) is 13.6. The number of alkyl carbamates (subject to hydrolysis) is 1. The highest BCUT2D eigenvalue weighted by Gasteiger charge is 2.62. The van der Waals surface area contributed by atoms with E-state index in [2.05, 4.69) is 20.7 Å². The second-order valence-corrected chi connectivity index (χ2v) is 19.9. The zero-order valence-corrected chi connectivity index (χ0v) is 37.8. The highest BCUT2D eigenvalue weighted by molar-refractivity contribution is 7.87. The van der Waals surface area contributed by atoms with E-state index >= 15 is 0 Å². The molecule has 336 valence electrons. The summed E-state index contributed by atoms with van der Waals surface area (Å²) < 4.78 is 46.9. The molecule has 0 spiro atoms. The third-order valence-corrected chi connectivity index (χ3v) is 14.2. The van der Waals surface area contributed by atoms with Gasteiger partial charge in [0.15, 0.2) is 5.13 Å². The van der Waals surface area contributed by atoms with E-state index in [1.807, 2.05) is 50.4 Å². The summed E-state index contributed by atoms with van der Waals surface area (Å²) in [6, 6.07) is 3.51. The molecular weight excluding hydrogens is 837 g/mol. The molecule has 4 heterocycles. The maximum atomic E-state index is 14.8. The topological polar surface area (TPSA) is 210 Å². The molecule has 0 bridgehead atoms. The summed E-state index contributed by atoms with van der Waals surface area (Å²) in [5, 5.41) is 12.4. The zero-order valence-electron chi connectivity index (χ0n) is 36.2. The smallest absolute Gasteiger partial charge is 0.408 e. The summed E-state index contributed by atoms with van der Waals surface area (Å²) in [7, 11) is -0.00219. The molecule has 2 aliphatic carbocycles. The van der Waals surface area contributed by atoms with Crippen molar-refractivity contribution in [2.75, 3.05) is 33.1 Å². The van der Waals surface area contributed by atoms with Gasteiger partial charge in [0, 0.05) is 54.9 Å². The molecule has 4 aliphatic rings. The molecular formula is C43H58N8O9S2. The molecule has 0 radical (unpaired) electrons. The summed E-state index contributed by atoms with van der Waals surface area (Å²) in [4.78, 5) is 67.8. The molecule has 3 aromatic rings. The predicted octanol–water partition coefficient (Wildman–Crippen LogP) is 5.20. The summed E-state index contributed by atoms with van der Waals surface area (Å²) in [6.07, 6.45) is 8.94. The van der Waals surface area contributed by atoms with Gasteiger partial charge in [0.25, 0.3) is 5.91 Å². The largest absolute Gasteiger partial charge is 0.496 e. The van der Waals surface area contributed by atoms with Crippen molar-refractivity contribution in [3.63, 3.8) is 0 Å². The van der Waals surface area contributed by atoms with Crippen LogP contribution in [0.4, 0.5) is 9.93 Å². The number of carbonyl (C=O) groups excluding carboxylic acids is 4. The Hall–Kier alpha value is -5.01. The maximum Gasteiger partial charge on any atom is 0.408 e. The predicted molar refractivity (Wildman–Crippen MR) is 235 cm³/mol. The molecule has 2 aliphatic heterocycles. The van der Waals surface area contributed by atoms with E-state index in [1.165, 1.54) is 30.3 Å². The number of aromatic nitrogens is 2. The number of methoxy groups -OCH3 is 1. The van der Waals surface area contributed by atoms with Crippen LogP contribution in [0.25, 0.3) is 22.3 Å². The molecule has 2 aromatic heterocycles. The number of nitrogens with one attached hydrogen (secondary N) is 4. The number of pyridine rings is 1. The number of thiazole rings is 1. The van der Waals surface area contributed by atoms with Crippen molar-refractivity contribution in [1.82, 2.24) is 34.5 Å². The van der Waals surface area contributed by atoms with Crippen LogP contribution >= 0.6 is 11.3 Å². The average molecular weight is 895 g/mol. The van der Waals surface area contributed by atoms with E-state index in [1.54, 1.807) is 13.2 Å². The molecule has 4 amide bonds. The molecule has 17 nitrogen and oxygen atoms in total. The minimum absolute atomic E-state index is 0.0262. The number of ether oxygens (including phenoxy) is 3. The Morgan fingerprint density at radius 1 is 1.02 bits per heavy atom. The van der Waals surface area contributed by atoms with Crippen molar-refractivity contribution in [1.29, 1.82) is 0 Å². The number of rotatable bonds is 11. The maximum absolute atomic E-state index is 14.8. The lowest BCUT2D eigenvalue weighted by Crippen LogP contribution is -2.58. The lowest BCUT2D eigenvalue weighted by molar-refractivity contribution is -0.141. The fourth-order valence-corrected chi connectivity index (χ4v) is 9.96. The third kappa shape index (κ3) is 9.94. The monoisotopic (exact) mass is 894 g/mol. The van der Waals surface area contributed by atoms with Gasteiger partial charge in [0.2, 0.25) is 11.8 Å². The first-order chi connectivity index (χ1) is 29.6. The van der Waals surface area contributed by atoms with E-state index in [4.69, 9.17) is 24.2 Å². The Morgan fingerprint density at radius 3 is 2.50 bits per heavy atom. The fourth-order valence-electron chi connectivity index (χ4n) is 8.51. The summed E-state index contributed by atoms with van der Waals surface area (Å²) in [6.45, 7) is 5.94. The number of carbonyl (C=O) groups is 4. The van der Waals surface area contributed by atoms with Crippen molar-refractivity contribution >= 4 is 61.4 Å². The lowest BCUT2D eigenvalue weighted by Gasteiger charge is -2.30. The van der Waals surface area contributed by atoms with Crippen molar-refractivity contribution in [3.05, 3.63) is 41.3 Å². The van der Waals surface area contributed by atoms with E-state index in [-0.39, 0.29) is 31.5 Å². The Morgan fingerprint density at radius 2 is 1.77 bits per heavy atom. The first-order valence-corrected chi connectivity index (χ1v) is 23.8. The van der Waals surface area contributed by atoms with E-state index in [9.17, 15) is 27.6 Å². The number of nitrogens with zero attached hydrogens (tertiary/aromatic N) is 4. The molecule has 2 saturated carbocycles. The van der Waals surface area contributed by atoms with Gasteiger partial charge >= 0.3 is 16.3 Å². The highest BCUT2D eigenvalue weighted by atomic mass is 32.2. The van der Waals surface area contributed by atoms with Gasteiger partial charge in [-0.05, 0) is 84.3 Å². The van der Waals surface area contributed by atoms with Crippen molar-refractivity contribution < 1.29 is 41.8 Å². The van der Waals surface area contributed by atoms with Gasteiger partial charge in [0.05, 0.1) is 24.9 Å². The van der Waals surface area contributed by atoms with Crippen LogP contribution in [0.3, 0.4) is 0 Å². The third-order valence-electron chi connectivity index (χ3n) is 12.1. The average Bonchev–Trinajstić information content (AvgIpc) is 3.65. The number of aryl methyl sites for hydroxylation is 1. The fraction of sp³-hybridized carbons (Fsp3) is 0.581. The van der Waals surface area contributed by atoms with Gasteiger partial charge in [0.1, 0.15) is 47.0 Å². The number of allylic oxidation sites excluding steroid dienone is 1. The minimum atomic E-state index is -4.19. The molecule has 5 atom stereocenters. The van der Waals surface area contributed by atoms with Crippen LogP contribution in [0.15, 0.2) is 35.7 Å². The molecule has 19 heteroatoms. The number of hydrogen-bond acceptors (Lipinski definition) is 13. The molecule has 62 heavy (non-hydrogen) atoms. The van der Waals surface area contributed by atoms with E-state index < -0.39 is 63.7 Å². The van der Waals surface area contributed by atoms with Gasteiger partial charge in [-0.1, -0.05) is 25.0 Å². The van der Waals surface area contributed by atoms with Crippen LogP contribution < -0.4 is 30.1 Å². The Balaban J connectivity index is 1.24. The minimum Gasteiger partial charge on any atom is -0.496 e. The second kappa shape index (κ2) is 18.8. The van der Waals surface area contributed by atoms with Gasteiger partial charge in [-0.3, -0.25) is 14.4 Å². The first-order valence-electron chi connectivity index (χ1n) is 21.5. The van der Waals surface area contributed by atoms with E-state index in [0.29, 0.717) is 53.1 Å². The Labute approximate surface area is 366 Å². The van der Waals surface area contributed by atoms with Gasteiger partial charge < -0.3 is 35.1 Å². The number of amides is 4. The van der Waals surface area contributed by atoms with Crippen molar-refractivity contribution in [2.45, 2.75) is 127 Å². The van der Waals surface area contributed by atoms with Crippen LogP contribution in [-0.4, -0.2) is 115 Å². The van der Waals surface area contributed by atoms with Crippen molar-refractivity contribution in [3.8, 4) is 22.9 Å². The molecule has 4 N–H and O–H groups in total. The highest BCUT2D eigenvalue weighted by Crippen LogP contribution is 2.46. The quantitative estimate of drug-likeness (QED) is 0.183. The molecule has 3 fully saturated rings. The number of fused-ring (bicyclic) bond motifs is 3. The van der Waals surface area contributed by atoms with Crippen LogP contribution in [0.2, 0.25) is 0 Å².